The standard InChI is InChI=1S/C21H15BrN2OS/c22-15-9-7-14(8-10-15)20-12-18(17-5-1-2-6-19(17)24-20)21(25)23-13-16-4-3-11-26-16/h1-12H,13H2,(H,23,25). The first-order chi connectivity index (χ1) is 12.7. The first-order valence-electron chi connectivity index (χ1n) is 8.17. The Morgan fingerprint density at radius 3 is 2.62 bits per heavy atom. The lowest BCUT2D eigenvalue weighted by Crippen LogP contribution is -2.22. The maximum atomic E-state index is 12.8. The molecule has 0 saturated heterocycles. The molecule has 0 aliphatic carbocycles. The minimum absolute atomic E-state index is 0.0876. The van der Waals surface area contributed by atoms with Gasteiger partial charge in [-0.15, -0.1) is 11.3 Å². The van der Waals surface area contributed by atoms with Crippen LogP contribution in [0.15, 0.2) is 76.6 Å². The largest absolute Gasteiger partial charge is 0.347 e. The van der Waals surface area contributed by atoms with Crippen LogP contribution in [0.1, 0.15) is 15.2 Å². The number of thiophene rings is 1. The molecule has 128 valence electrons. The summed E-state index contributed by atoms with van der Waals surface area (Å²) in [6.07, 6.45) is 0. The number of amides is 1. The molecule has 0 aliphatic heterocycles. The molecule has 0 spiro atoms. The molecular formula is C21H15BrN2OS. The highest BCUT2D eigenvalue weighted by Crippen LogP contribution is 2.26. The molecule has 0 fully saturated rings. The second-order valence-electron chi connectivity index (χ2n) is 5.84. The first kappa shape index (κ1) is 16.9. The van der Waals surface area contributed by atoms with Crippen LogP contribution in [0.5, 0.6) is 0 Å². The molecule has 1 amide bonds. The minimum atomic E-state index is -0.0876. The van der Waals surface area contributed by atoms with Crippen LogP contribution in [0.2, 0.25) is 0 Å². The van der Waals surface area contributed by atoms with Gasteiger partial charge in [-0.05, 0) is 35.7 Å². The van der Waals surface area contributed by atoms with E-state index in [1.807, 2.05) is 72.1 Å². The van der Waals surface area contributed by atoms with Crippen LogP contribution in [0, 0.1) is 0 Å². The van der Waals surface area contributed by atoms with Gasteiger partial charge < -0.3 is 5.32 Å². The quantitative estimate of drug-likeness (QED) is 0.461. The predicted octanol–water partition coefficient (Wildman–Crippen LogP) is 5.66. The van der Waals surface area contributed by atoms with Crippen molar-refractivity contribution >= 4 is 44.1 Å². The molecule has 4 aromatic rings. The summed E-state index contributed by atoms with van der Waals surface area (Å²) in [5.74, 6) is -0.0876. The van der Waals surface area contributed by atoms with E-state index in [-0.39, 0.29) is 5.91 Å². The van der Waals surface area contributed by atoms with Crippen LogP contribution >= 0.6 is 27.3 Å². The van der Waals surface area contributed by atoms with E-state index >= 15 is 0 Å². The second-order valence-corrected chi connectivity index (χ2v) is 7.79. The number of para-hydroxylation sites is 1. The molecule has 4 rings (SSSR count). The Kier molecular flexibility index (Phi) is 4.82. The van der Waals surface area contributed by atoms with Crippen LogP contribution in [-0.2, 0) is 6.54 Å². The third kappa shape index (κ3) is 3.54. The maximum Gasteiger partial charge on any atom is 0.252 e. The summed E-state index contributed by atoms with van der Waals surface area (Å²) in [6.45, 7) is 0.529. The minimum Gasteiger partial charge on any atom is -0.347 e. The Hall–Kier alpha value is -2.50. The number of hydrogen-bond donors (Lipinski definition) is 1. The van der Waals surface area contributed by atoms with Crippen molar-refractivity contribution in [1.29, 1.82) is 0 Å². The molecule has 0 unspecified atom stereocenters. The van der Waals surface area contributed by atoms with Crippen molar-refractivity contribution in [1.82, 2.24) is 10.3 Å². The summed E-state index contributed by atoms with van der Waals surface area (Å²) in [7, 11) is 0. The van der Waals surface area contributed by atoms with Gasteiger partial charge in [0, 0.05) is 20.3 Å². The van der Waals surface area contributed by atoms with Crippen molar-refractivity contribution in [3.05, 3.63) is 87.0 Å². The Balaban J connectivity index is 1.74. The van der Waals surface area contributed by atoms with Crippen LogP contribution in [0.3, 0.4) is 0 Å². The van der Waals surface area contributed by atoms with E-state index < -0.39 is 0 Å². The third-order valence-corrected chi connectivity index (χ3v) is 5.51. The highest BCUT2D eigenvalue weighted by Gasteiger charge is 2.14. The van der Waals surface area contributed by atoms with Gasteiger partial charge in [0.1, 0.15) is 0 Å². The average molecular weight is 423 g/mol. The van der Waals surface area contributed by atoms with Gasteiger partial charge in [0.15, 0.2) is 0 Å². The zero-order valence-electron chi connectivity index (χ0n) is 13.8. The first-order valence-corrected chi connectivity index (χ1v) is 9.84. The van der Waals surface area contributed by atoms with E-state index in [0.29, 0.717) is 12.1 Å². The van der Waals surface area contributed by atoms with Gasteiger partial charge in [-0.2, -0.15) is 0 Å². The van der Waals surface area contributed by atoms with Crippen molar-refractivity contribution in [3.63, 3.8) is 0 Å². The molecule has 0 aliphatic rings. The van der Waals surface area contributed by atoms with E-state index in [2.05, 4.69) is 21.2 Å². The maximum absolute atomic E-state index is 12.8. The smallest absolute Gasteiger partial charge is 0.252 e. The van der Waals surface area contributed by atoms with Crippen LogP contribution in [0.4, 0.5) is 0 Å². The number of benzene rings is 2. The Morgan fingerprint density at radius 2 is 1.85 bits per heavy atom. The van der Waals surface area contributed by atoms with Crippen molar-refractivity contribution in [2.75, 3.05) is 0 Å². The van der Waals surface area contributed by atoms with Crippen molar-refractivity contribution in [2.45, 2.75) is 6.54 Å². The Bertz CT molecular complexity index is 1060. The lowest BCUT2D eigenvalue weighted by Gasteiger charge is -2.10. The Labute approximate surface area is 163 Å². The number of carbonyl (C=O) groups excluding carboxylic acids is 1. The van der Waals surface area contributed by atoms with E-state index in [4.69, 9.17) is 4.98 Å². The summed E-state index contributed by atoms with van der Waals surface area (Å²) in [5, 5.41) is 5.88. The monoisotopic (exact) mass is 422 g/mol. The van der Waals surface area contributed by atoms with Gasteiger partial charge in [0.2, 0.25) is 0 Å². The lowest BCUT2D eigenvalue weighted by atomic mass is 10.0. The van der Waals surface area contributed by atoms with E-state index in [1.54, 1.807) is 11.3 Å². The van der Waals surface area contributed by atoms with Gasteiger partial charge in [-0.1, -0.05) is 52.3 Å². The number of fused-ring (bicyclic) bond motifs is 1. The van der Waals surface area contributed by atoms with E-state index in [0.717, 1.165) is 31.5 Å². The van der Waals surface area contributed by atoms with Gasteiger partial charge in [-0.3, -0.25) is 4.79 Å². The molecule has 3 nitrogen and oxygen atoms in total. The van der Waals surface area contributed by atoms with Crippen LogP contribution in [0.25, 0.3) is 22.2 Å². The molecule has 1 N–H and O–H groups in total. The summed E-state index contributed by atoms with van der Waals surface area (Å²) in [4.78, 5) is 18.7. The van der Waals surface area contributed by atoms with Crippen LogP contribution < -0.4 is 5.32 Å². The molecule has 2 aromatic heterocycles. The molecule has 5 heteroatoms. The zero-order valence-corrected chi connectivity index (χ0v) is 16.2. The summed E-state index contributed by atoms with van der Waals surface area (Å²) < 4.78 is 1.01. The second kappa shape index (κ2) is 7.40. The van der Waals surface area contributed by atoms with Crippen LogP contribution in [-0.4, -0.2) is 10.9 Å². The fourth-order valence-corrected chi connectivity index (χ4v) is 3.72. The van der Waals surface area contributed by atoms with Gasteiger partial charge in [-0.25, -0.2) is 4.98 Å². The van der Waals surface area contributed by atoms with Gasteiger partial charge in [0.05, 0.1) is 23.3 Å². The number of halogens is 1. The molecule has 2 heterocycles. The Morgan fingerprint density at radius 1 is 1.04 bits per heavy atom. The number of pyridine rings is 1. The number of carbonyl (C=O) groups is 1. The predicted molar refractivity (Wildman–Crippen MR) is 110 cm³/mol. The number of nitrogens with one attached hydrogen (secondary N) is 1. The van der Waals surface area contributed by atoms with E-state index in [9.17, 15) is 4.79 Å². The zero-order chi connectivity index (χ0) is 17.9. The molecule has 0 bridgehead atoms. The third-order valence-electron chi connectivity index (χ3n) is 4.10. The number of nitrogens with zero attached hydrogens (tertiary/aromatic N) is 1. The number of rotatable bonds is 4. The summed E-state index contributed by atoms with van der Waals surface area (Å²) in [6, 6.07) is 21.6. The number of aromatic nitrogens is 1. The van der Waals surface area contributed by atoms with E-state index in [1.165, 1.54) is 0 Å². The molecule has 0 radical (unpaired) electrons. The topological polar surface area (TPSA) is 42.0 Å². The summed E-state index contributed by atoms with van der Waals surface area (Å²) in [5.41, 5.74) is 3.23. The molecule has 0 atom stereocenters. The van der Waals surface area contributed by atoms with Crippen molar-refractivity contribution < 1.29 is 4.79 Å². The average Bonchev–Trinajstić information content (AvgIpc) is 3.19. The molecule has 2 aromatic carbocycles. The van der Waals surface area contributed by atoms with Gasteiger partial charge in [0.25, 0.3) is 5.91 Å². The fourth-order valence-electron chi connectivity index (χ4n) is 2.81. The molecule has 0 saturated carbocycles. The number of hydrogen-bond acceptors (Lipinski definition) is 3. The molecule has 26 heavy (non-hydrogen) atoms. The lowest BCUT2D eigenvalue weighted by molar-refractivity contribution is 0.0953. The van der Waals surface area contributed by atoms with Gasteiger partial charge >= 0.3 is 0 Å². The van der Waals surface area contributed by atoms with Crippen molar-refractivity contribution in [3.8, 4) is 11.3 Å². The molecular weight excluding hydrogens is 408 g/mol. The SMILES string of the molecule is O=C(NCc1cccs1)c1cc(-c2ccc(Br)cc2)nc2ccccc12. The normalized spacial score (nSPS) is 10.8. The summed E-state index contributed by atoms with van der Waals surface area (Å²) >= 11 is 5.08. The highest BCUT2D eigenvalue weighted by molar-refractivity contribution is 9.10. The fraction of sp³-hybridized carbons (Fsp3) is 0.0476. The van der Waals surface area contributed by atoms with Crippen molar-refractivity contribution in [2.24, 2.45) is 0 Å². The highest BCUT2D eigenvalue weighted by atomic mass is 79.9.